The molecule has 6 nitrogen and oxygen atoms in total. The van der Waals surface area contributed by atoms with Crippen LogP contribution in [0.1, 0.15) is 39.0 Å². The quantitative estimate of drug-likeness (QED) is 0.583. The maximum Gasteiger partial charge on any atom is 0.279 e. The molecule has 2 atom stereocenters. The number of rotatable bonds is 10. The largest absolute Gasteiger partial charge is 0.381 e. The van der Waals surface area contributed by atoms with E-state index in [1.807, 2.05) is 0 Å². The molecule has 2 N–H and O–H groups in total. The molecule has 120 valence electrons. The minimum absolute atomic E-state index is 0.00520. The normalized spacial score (nSPS) is 23.6. The van der Waals surface area contributed by atoms with E-state index >= 15 is 0 Å². The van der Waals surface area contributed by atoms with Crippen molar-refractivity contribution in [2.24, 2.45) is 0 Å². The molecule has 0 aromatic heterocycles. The van der Waals surface area contributed by atoms with E-state index in [4.69, 9.17) is 4.74 Å². The minimum Gasteiger partial charge on any atom is -0.381 e. The summed E-state index contributed by atoms with van der Waals surface area (Å²) in [6.45, 7) is 4.48. The number of hydrogen-bond acceptors (Lipinski definition) is 4. The summed E-state index contributed by atoms with van der Waals surface area (Å²) in [5, 5.41) is 3.27. The van der Waals surface area contributed by atoms with Gasteiger partial charge in [-0.2, -0.15) is 17.4 Å². The van der Waals surface area contributed by atoms with Gasteiger partial charge in [0.15, 0.2) is 0 Å². The van der Waals surface area contributed by atoms with Crippen molar-refractivity contribution in [3.8, 4) is 0 Å². The molecule has 0 aromatic rings. The van der Waals surface area contributed by atoms with E-state index in [9.17, 15) is 8.42 Å². The Morgan fingerprint density at radius 3 is 2.65 bits per heavy atom. The van der Waals surface area contributed by atoms with E-state index in [-0.39, 0.29) is 12.1 Å². The van der Waals surface area contributed by atoms with Crippen LogP contribution in [-0.2, 0) is 14.9 Å². The van der Waals surface area contributed by atoms with Crippen LogP contribution in [0, 0.1) is 0 Å². The molecule has 0 aromatic carbocycles. The summed E-state index contributed by atoms with van der Waals surface area (Å²) in [5.74, 6) is 0. The Bertz CT molecular complexity index is 362. The van der Waals surface area contributed by atoms with Gasteiger partial charge in [0, 0.05) is 26.7 Å². The molecule has 20 heavy (non-hydrogen) atoms. The lowest BCUT2D eigenvalue weighted by molar-refractivity contribution is 0.107. The van der Waals surface area contributed by atoms with Crippen molar-refractivity contribution in [3.63, 3.8) is 0 Å². The molecular weight excluding hydrogens is 278 g/mol. The third-order valence-corrected chi connectivity index (χ3v) is 5.33. The zero-order valence-electron chi connectivity index (χ0n) is 12.9. The average Bonchev–Trinajstić information content (AvgIpc) is 2.85. The van der Waals surface area contributed by atoms with Crippen molar-refractivity contribution in [1.29, 1.82) is 0 Å². The molecule has 0 radical (unpaired) electrons. The van der Waals surface area contributed by atoms with Crippen LogP contribution in [0.4, 0.5) is 0 Å². The molecule has 1 fully saturated rings. The highest BCUT2D eigenvalue weighted by Gasteiger charge is 2.29. The van der Waals surface area contributed by atoms with Crippen molar-refractivity contribution in [3.05, 3.63) is 0 Å². The first-order valence-corrected chi connectivity index (χ1v) is 8.90. The van der Waals surface area contributed by atoms with Crippen LogP contribution in [0.2, 0.25) is 0 Å². The van der Waals surface area contributed by atoms with Gasteiger partial charge in [-0.25, -0.2) is 0 Å². The fraction of sp³-hybridized carbons (Fsp3) is 1.00. The van der Waals surface area contributed by atoms with E-state index in [2.05, 4.69) is 17.0 Å². The monoisotopic (exact) mass is 307 g/mol. The van der Waals surface area contributed by atoms with Gasteiger partial charge in [0.05, 0.1) is 6.10 Å². The maximum absolute atomic E-state index is 12.2. The highest BCUT2D eigenvalue weighted by atomic mass is 32.2. The molecule has 1 aliphatic carbocycles. The highest BCUT2D eigenvalue weighted by molar-refractivity contribution is 7.87. The molecule has 0 amide bonds. The van der Waals surface area contributed by atoms with Gasteiger partial charge in [-0.1, -0.05) is 6.92 Å². The molecule has 0 heterocycles. The van der Waals surface area contributed by atoms with E-state index in [0.717, 1.165) is 45.2 Å². The summed E-state index contributed by atoms with van der Waals surface area (Å²) >= 11 is 0. The van der Waals surface area contributed by atoms with Crippen molar-refractivity contribution in [2.75, 3.05) is 33.8 Å². The molecule has 1 rings (SSSR count). The van der Waals surface area contributed by atoms with Crippen LogP contribution in [0.3, 0.4) is 0 Å². The first kappa shape index (κ1) is 17.8. The molecule has 0 saturated heterocycles. The summed E-state index contributed by atoms with van der Waals surface area (Å²) in [5.41, 5.74) is 0. The van der Waals surface area contributed by atoms with Crippen LogP contribution < -0.4 is 10.0 Å². The zero-order valence-corrected chi connectivity index (χ0v) is 13.7. The standard InChI is InChI=1S/C13H29N3O3S/c1-4-8-14-9-5-10-16(2)20(17,18)15-12-6-7-13(11-12)19-3/h12-15H,4-11H2,1-3H3. The first-order chi connectivity index (χ1) is 9.49. The smallest absolute Gasteiger partial charge is 0.279 e. The Labute approximate surface area is 123 Å². The molecular formula is C13H29N3O3S. The fourth-order valence-corrected chi connectivity index (χ4v) is 3.60. The van der Waals surface area contributed by atoms with Crippen molar-refractivity contribution < 1.29 is 13.2 Å². The van der Waals surface area contributed by atoms with Crippen molar-refractivity contribution in [2.45, 2.75) is 51.2 Å². The van der Waals surface area contributed by atoms with Gasteiger partial charge in [-0.05, 0) is 45.2 Å². The summed E-state index contributed by atoms with van der Waals surface area (Å²) in [6.07, 6.45) is 4.65. The lowest BCUT2D eigenvalue weighted by Gasteiger charge is -2.21. The van der Waals surface area contributed by atoms with Crippen LogP contribution in [-0.4, -0.2) is 58.7 Å². The summed E-state index contributed by atoms with van der Waals surface area (Å²) < 4.78 is 33.7. The van der Waals surface area contributed by atoms with Crippen LogP contribution >= 0.6 is 0 Å². The molecule has 1 aliphatic rings. The fourth-order valence-electron chi connectivity index (χ4n) is 2.41. The lowest BCUT2D eigenvalue weighted by Crippen LogP contribution is -2.43. The van der Waals surface area contributed by atoms with Crippen LogP contribution in [0.15, 0.2) is 0 Å². The molecule has 7 heteroatoms. The van der Waals surface area contributed by atoms with E-state index < -0.39 is 10.2 Å². The van der Waals surface area contributed by atoms with Crippen molar-refractivity contribution >= 4 is 10.2 Å². The topological polar surface area (TPSA) is 70.7 Å². The average molecular weight is 307 g/mol. The number of hydrogen-bond donors (Lipinski definition) is 2. The number of nitrogens with one attached hydrogen (secondary N) is 2. The molecule has 2 unspecified atom stereocenters. The molecule has 0 spiro atoms. The second kappa shape index (κ2) is 8.94. The van der Waals surface area contributed by atoms with Crippen molar-refractivity contribution in [1.82, 2.24) is 14.3 Å². The Hall–Kier alpha value is -0.210. The number of methoxy groups -OCH3 is 1. The van der Waals surface area contributed by atoms with Gasteiger partial charge in [0.25, 0.3) is 10.2 Å². The number of ether oxygens (including phenoxy) is 1. The van der Waals surface area contributed by atoms with Crippen LogP contribution in [0.25, 0.3) is 0 Å². The Kier molecular flexibility index (Phi) is 7.98. The Morgan fingerprint density at radius 2 is 2.05 bits per heavy atom. The van der Waals surface area contributed by atoms with Gasteiger partial charge in [0.1, 0.15) is 0 Å². The van der Waals surface area contributed by atoms with Gasteiger partial charge in [-0.15, -0.1) is 0 Å². The van der Waals surface area contributed by atoms with Crippen LogP contribution in [0.5, 0.6) is 0 Å². The minimum atomic E-state index is -3.37. The maximum atomic E-state index is 12.2. The Morgan fingerprint density at radius 1 is 1.30 bits per heavy atom. The highest BCUT2D eigenvalue weighted by Crippen LogP contribution is 2.22. The lowest BCUT2D eigenvalue weighted by atomic mass is 10.3. The molecule has 1 saturated carbocycles. The number of nitrogens with zero attached hydrogens (tertiary/aromatic N) is 1. The second-order valence-electron chi connectivity index (χ2n) is 5.42. The molecule has 0 bridgehead atoms. The van der Waals surface area contributed by atoms with E-state index in [1.54, 1.807) is 14.2 Å². The van der Waals surface area contributed by atoms with Gasteiger partial charge in [0.2, 0.25) is 0 Å². The van der Waals surface area contributed by atoms with Gasteiger partial charge in [-0.3, -0.25) is 0 Å². The SMILES string of the molecule is CCCNCCCN(C)S(=O)(=O)NC1CCC(OC)C1. The summed E-state index contributed by atoms with van der Waals surface area (Å²) in [7, 11) is -0.0607. The molecule has 0 aliphatic heterocycles. The Balaban J connectivity index is 2.28. The summed E-state index contributed by atoms with van der Waals surface area (Å²) in [4.78, 5) is 0. The second-order valence-corrected chi connectivity index (χ2v) is 7.22. The van der Waals surface area contributed by atoms with Gasteiger partial charge >= 0.3 is 0 Å². The first-order valence-electron chi connectivity index (χ1n) is 7.46. The summed E-state index contributed by atoms with van der Waals surface area (Å²) in [6, 6.07) is 0.00520. The predicted octanol–water partition coefficient (Wildman–Crippen LogP) is 0.710. The predicted molar refractivity (Wildman–Crippen MR) is 80.9 cm³/mol. The third kappa shape index (κ3) is 6.05. The van der Waals surface area contributed by atoms with E-state index in [0.29, 0.717) is 6.54 Å². The van der Waals surface area contributed by atoms with E-state index in [1.165, 1.54) is 4.31 Å². The zero-order chi connectivity index (χ0) is 15.0. The third-order valence-electron chi connectivity index (χ3n) is 3.70. The van der Waals surface area contributed by atoms with Gasteiger partial charge < -0.3 is 10.1 Å².